The van der Waals surface area contributed by atoms with E-state index in [2.05, 4.69) is 22.1 Å². The van der Waals surface area contributed by atoms with E-state index in [0.717, 1.165) is 47.4 Å². The SMILES string of the molecule is Cc1nc(-c2ccc(F)cc2)c(CC(=O)NC[C@@H](C)N2CCOCC2)s1. The largest absolute Gasteiger partial charge is 0.379 e. The van der Waals surface area contributed by atoms with E-state index in [0.29, 0.717) is 6.54 Å². The summed E-state index contributed by atoms with van der Waals surface area (Å²) < 4.78 is 18.5. The highest BCUT2D eigenvalue weighted by Gasteiger charge is 2.19. The van der Waals surface area contributed by atoms with E-state index in [4.69, 9.17) is 4.74 Å². The molecule has 1 fully saturated rings. The summed E-state index contributed by atoms with van der Waals surface area (Å²) in [6, 6.07) is 6.51. The van der Waals surface area contributed by atoms with E-state index in [1.807, 2.05) is 6.92 Å². The Labute approximate surface area is 157 Å². The fraction of sp³-hybridized carbons (Fsp3) is 0.474. The molecule has 1 saturated heterocycles. The highest BCUT2D eigenvalue weighted by molar-refractivity contribution is 7.12. The van der Waals surface area contributed by atoms with Crippen molar-refractivity contribution >= 4 is 17.2 Å². The predicted octanol–water partition coefficient (Wildman–Crippen LogP) is 2.64. The molecule has 0 bridgehead atoms. The Morgan fingerprint density at radius 1 is 1.35 bits per heavy atom. The van der Waals surface area contributed by atoms with Gasteiger partial charge in [0.1, 0.15) is 5.82 Å². The topological polar surface area (TPSA) is 54.5 Å². The average Bonchev–Trinajstić information content (AvgIpc) is 3.01. The highest BCUT2D eigenvalue weighted by atomic mass is 32.1. The van der Waals surface area contributed by atoms with Crippen molar-refractivity contribution in [1.82, 2.24) is 15.2 Å². The van der Waals surface area contributed by atoms with Crippen LogP contribution in [0.3, 0.4) is 0 Å². The van der Waals surface area contributed by atoms with Gasteiger partial charge in [0.25, 0.3) is 0 Å². The molecule has 1 N–H and O–H groups in total. The molecule has 1 aromatic heterocycles. The Morgan fingerprint density at radius 3 is 2.73 bits per heavy atom. The minimum absolute atomic E-state index is 0.0166. The molecule has 0 spiro atoms. The van der Waals surface area contributed by atoms with Crippen LogP contribution in [-0.4, -0.2) is 54.7 Å². The summed E-state index contributed by atoms with van der Waals surface area (Å²) in [6.45, 7) is 7.95. The van der Waals surface area contributed by atoms with Gasteiger partial charge in [-0.15, -0.1) is 11.3 Å². The molecule has 0 saturated carbocycles. The molecule has 3 rings (SSSR count). The van der Waals surface area contributed by atoms with Crippen molar-refractivity contribution in [3.8, 4) is 11.3 Å². The van der Waals surface area contributed by atoms with E-state index in [9.17, 15) is 9.18 Å². The number of halogens is 1. The van der Waals surface area contributed by atoms with Crippen LogP contribution in [-0.2, 0) is 16.0 Å². The van der Waals surface area contributed by atoms with Gasteiger partial charge >= 0.3 is 0 Å². The first-order valence-corrected chi connectivity index (χ1v) is 9.65. The van der Waals surface area contributed by atoms with Gasteiger partial charge in [-0.3, -0.25) is 9.69 Å². The predicted molar refractivity (Wildman–Crippen MR) is 101 cm³/mol. The van der Waals surface area contributed by atoms with E-state index >= 15 is 0 Å². The first-order chi connectivity index (χ1) is 12.5. The molecule has 2 aromatic rings. The number of thiazole rings is 1. The van der Waals surface area contributed by atoms with Crippen LogP contribution in [0.25, 0.3) is 11.3 Å². The fourth-order valence-corrected chi connectivity index (χ4v) is 4.00. The van der Waals surface area contributed by atoms with Crippen LogP contribution in [0.15, 0.2) is 24.3 Å². The number of hydrogen-bond acceptors (Lipinski definition) is 5. The average molecular weight is 377 g/mol. The number of carbonyl (C=O) groups is 1. The number of morpholine rings is 1. The summed E-state index contributed by atoms with van der Waals surface area (Å²) in [5.74, 6) is -0.297. The summed E-state index contributed by atoms with van der Waals surface area (Å²) >= 11 is 1.51. The molecule has 1 aliphatic rings. The zero-order valence-electron chi connectivity index (χ0n) is 15.1. The van der Waals surface area contributed by atoms with Gasteiger partial charge in [0.05, 0.1) is 30.3 Å². The molecule has 1 amide bonds. The maximum absolute atomic E-state index is 13.2. The van der Waals surface area contributed by atoms with Gasteiger partial charge in [-0.25, -0.2) is 9.37 Å². The number of benzene rings is 1. The number of hydrogen-bond donors (Lipinski definition) is 1. The molecule has 140 valence electrons. The van der Waals surface area contributed by atoms with E-state index < -0.39 is 0 Å². The number of aryl methyl sites for hydroxylation is 1. The molecule has 0 aliphatic carbocycles. The third kappa shape index (κ3) is 4.87. The van der Waals surface area contributed by atoms with E-state index in [1.165, 1.54) is 23.5 Å². The highest BCUT2D eigenvalue weighted by Crippen LogP contribution is 2.28. The molecule has 0 unspecified atom stereocenters. The third-order valence-corrected chi connectivity index (χ3v) is 5.48. The monoisotopic (exact) mass is 377 g/mol. The maximum atomic E-state index is 13.2. The zero-order chi connectivity index (χ0) is 18.5. The lowest BCUT2D eigenvalue weighted by atomic mass is 10.1. The number of nitrogens with zero attached hydrogens (tertiary/aromatic N) is 2. The number of ether oxygens (including phenoxy) is 1. The number of carbonyl (C=O) groups excluding carboxylic acids is 1. The minimum Gasteiger partial charge on any atom is -0.379 e. The molecule has 7 heteroatoms. The van der Waals surface area contributed by atoms with Crippen LogP contribution in [0.5, 0.6) is 0 Å². The number of nitrogens with one attached hydrogen (secondary N) is 1. The van der Waals surface area contributed by atoms with Crippen molar-refractivity contribution in [2.24, 2.45) is 0 Å². The van der Waals surface area contributed by atoms with Gasteiger partial charge in [0.2, 0.25) is 5.91 Å². The quantitative estimate of drug-likeness (QED) is 0.841. The van der Waals surface area contributed by atoms with Gasteiger partial charge < -0.3 is 10.1 Å². The van der Waals surface area contributed by atoms with Gasteiger partial charge in [0, 0.05) is 36.1 Å². The van der Waals surface area contributed by atoms with Crippen LogP contribution in [0.1, 0.15) is 16.8 Å². The van der Waals surface area contributed by atoms with Gasteiger partial charge in [-0.05, 0) is 38.1 Å². The molecule has 0 radical (unpaired) electrons. The van der Waals surface area contributed by atoms with Crippen molar-refractivity contribution < 1.29 is 13.9 Å². The molecule has 1 aromatic carbocycles. The Hall–Kier alpha value is -1.83. The van der Waals surface area contributed by atoms with E-state index in [-0.39, 0.29) is 24.2 Å². The minimum atomic E-state index is -0.280. The first-order valence-electron chi connectivity index (χ1n) is 8.83. The van der Waals surface area contributed by atoms with Crippen LogP contribution < -0.4 is 5.32 Å². The normalized spacial score (nSPS) is 16.4. The Bertz CT molecular complexity index is 742. The lowest BCUT2D eigenvalue weighted by Gasteiger charge is -2.32. The van der Waals surface area contributed by atoms with Crippen molar-refractivity contribution in [3.63, 3.8) is 0 Å². The summed E-state index contributed by atoms with van der Waals surface area (Å²) in [7, 11) is 0. The second-order valence-corrected chi connectivity index (χ2v) is 7.78. The second-order valence-electron chi connectivity index (χ2n) is 6.49. The second kappa shape index (κ2) is 8.70. The standard InChI is InChI=1S/C19H24FN3O2S/c1-13(23-7-9-25-10-8-23)12-21-18(24)11-17-19(22-14(2)26-17)15-3-5-16(20)6-4-15/h3-6,13H,7-12H2,1-2H3,(H,21,24)/t13-/m1/s1. The van der Waals surface area contributed by atoms with Crippen LogP contribution >= 0.6 is 11.3 Å². The Kier molecular flexibility index (Phi) is 6.34. The summed E-state index contributed by atoms with van der Waals surface area (Å²) in [4.78, 5) is 20.2. The van der Waals surface area contributed by atoms with Crippen molar-refractivity contribution in [2.75, 3.05) is 32.8 Å². The fourth-order valence-electron chi connectivity index (χ4n) is 3.04. The number of rotatable bonds is 6. The smallest absolute Gasteiger partial charge is 0.225 e. The third-order valence-electron chi connectivity index (χ3n) is 4.51. The lowest BCUT2D eigenvalue weighted by Crippen LogP contribution is -2.47. The lowest BCUT2D eigenvalue weighted by molar-refractivity contribution is -0.120. The molecule has 1 atom stereocenters. The zero-order valence-corrected chi connectivity index (χ0v) is 15.9. The maximum Gasteiger partial charge on any atom is 0.225 e. The van der Waals surface area contributed by atoms with Crippen LogP contribution in [0.4, 0.5) is 4.39 Å². The Morgan fingerprint density at radius 2 is 2.04 bits per heavy atom. The van der Waals surface area contributed by atoms with Crippen molar-refractivity contribution in [3.05, 3.63) is 40.0 Å². The molecular weight excluding hydrogens is 353 g/mol. The van der Waals surface area contributed by atoms with Crippen LogP contribution in [0.2, 0.25) is 0 Å². The molecule has 2 heterocycles. The van der Waals surface area contributed by atoms with Crippen molar-refractivity contribution in [1.29, 1.82) is 0 Å². The van der Waals surface area contributed by atoms with E-state index in [1.54, 1.807) is 12.1 Å². The van der Waals surface area contributed by atoms with Gasteiger partial charge in [-0.2, -0.15) is 0 Å². The summed E-state index contributed by atoms with van der Waals surface area (Å²) in [5.41, 5.74) is 1.60. The number of aromatic nitrogens is 1. The summed E-state index contributed by atoms with van der Waals surface area (Å²) in [6.07, 6.45) is 0.286. The molecule has 5 nitrogen and oxygen atoms in total. The van der Waals surface area contributed by atoms with Crippen LogP contribution in [0, 0.1) is 12.7 Å². The molecular formula is C19H24FN3O2S. The van der Waals surface area contributed by atoms with Gasteiger partial charge in [-0.1, -0.05) is 0 Å². The van der Waals surface area contributed by atoms with Crippen molar-refractivity contribution in [2.45, 2.75) is 26.3 Å². The number of amides is 1. The first kappa shape index (κ1) is 18.9. The Balaban J connectivity index is 1.60. The van der Waals surface area contributed by atoms with Gasteiger partial charge in [0.15, 0.2) is 0 Å². The molecule has 26 heavy (non-hydrogen) atoms. The summed E-state index contributed by atoms with van der Waals surface area (Å²) in [5, 5.41) is 3.92. The molecule has 1 aliphatic heterocycles.